The van der Waals surface area contributed by atoms with Crippen LogP contribution in [-0.4, -0.2) is 40.4 Å². The highest BCUT2D eigenvalue weighted by molar-refractivity contribution is 8.83. The zero-order chi connectivity index (χ0) is 20.9. The lowest BCUT2D eigenvalue weighted by molar-refractivity contribution is -0.111. The van der Waals surface area contributed by atoms with Gasteiger partial charge in [-0.15, -0.1) is 0 Å². The highest BCUT2D eigenvalue weighted by atomic mass is 33.1. The fraction of sp³-hybridized carbons (Fsp3) is 0.722. The molecule has 156 valence electrons. The maximum atomic E-state index is 12.3. The molecule has 2 aliphatic rings. The summed E-state index contributed by atoms with van der Waals surface area (Å²) in [6.45, 7) is 12.6. The van der Waals surface area contributed by atoms with Crippen LogP contribution in [0.15, 0.2) is 15.8 Å². The molecule has 2 saturated heterocycles. The third-order valence-corrected chi connectivity index (χ3v) is 13.0. The van der Waals surface area contributed by atoms with Gasteiger partial charge in [-0.05, 0) is 35.8 Å². The molecule has 0 aromatic carbocycles. The van der Waals surface area contributed by atoms with Crippen LogP contribution in [0.25, 0.3) is 0 Å². The van der Waals surface area contributed by atoms with Gasteiger partial charge in [0.1, 0.15) is 6.23 Å². The molecule has 2 fully saturated rings. The summed E-state index contributed by atoms with van der Waals surface area (Å²) in [5.41, 5.74) is -0.426. The number of aromatic nitrogens is 2. The van der Waals surface area contributed by atoms with E-state index in [0.717, 1.165) is 0 Å². The Labute approximate surface area is 173 Å². The van der Waals surface area contributed by atoms with Gasteiger partial charge in [0.05, 0.1) is 17.5 Å². The zero-order valence-corrected chi connectivity index (χ0v) is 19.7. The normalized spacial score (nSPS) is 28.9. The van der Waals surface area contributed by atoms with Crippen molar-refractivity contribution in [3.05, 3.63) is 32.6 Å². The molecule has 1 unspecified atom stereocenters. The molecule has 7 nitrogen and oxygen atoms in total. The van der Waals surface area contributed by atoms with Gasteiger partial charge in [-0.1, -0.05) is 31.6 Å². The molecular weight excluding hydrogens is 416 g/mol. The van der Waals surface area contributed by atoms with Crippen LogP contribution in [0.3, 0.4) is 0 Å². The van der Waals surface area contributed by atoms with Crippen LogP contribution in [0, 0.1) is 6.92 Å². The van der Waals surface area contributed by atoms with Crippen molar-refractivity contribution in [3.63, 3.8) is 0 Å². The van der Waals surface area contributed by atoms with E-state index in [9.17, 15) is 14.4 Å². The number of carbonyl (C=O) groups excluding carboxylic acids is 1. The number of ether oxygens (including phenoxy) is 1. The fourth-order valence-corrected chi connectivity index (χ4v) is 7.08. The third-order valence-electron chi connectivity index (χ3n) is 5.82. The second-order valence-corrected chi connectivity index (χ2v) is 16.2. The number of nitrogens with one attached hydrogen (secondary N) is 1. The molecule has 1 aromatic heterocycles. The summed E-state index contributed by atoms with van der Waals surface area (Å²) in [5, 5.41) is 0.177. The Morgan fingerprint density at radius 3 is 2.54 bits per heavy atom. The van der Waals surface area contributed by atoms with Crippen LogP contribution in [-0.2, 0) is 14.0 Å². The molecule has 0 spiro atoms. The average molecular weight is 445 g/mol. The van der Waals surface area contributed by atoms with E-state index in [4.69, 9.17) is 9.16 Å². The van der Waals surface area contributed by atoms with Crippen LogP contribution in [0.1, 0.15) is 45.4 Å². The van der Waals surface area contributed by atoms with Crippen molar-refractivity contribution in [2.24, 2.45) is 0 Å². The quantitative estimate of drug-likeness (QED) is 0.563. The summed E-state index contributed by atoms with van der Waals surface area (Å²) < 4.78 is 14.4. The summed E-state index contributed by atoms with van der Waals surface area (Å²) in [4.78, 5) is 38.2. The number of carbonyl (C=O) groups is 1. The van der Waals surface area contributed by atoms with E-state index in [1.54, 1.807) is 13.1 Å². The van der Waals surface area contributed by atoms with Crippen LogP contribution >= 0.6 is 21.6 Å². The first-order valence-electron chi connectivity index (χ1n) is 9.40. The van der Waals surface area contributed by atoms with Gasteiger partial charge in [-0.25, -0.2) is 4.79 Å². The first-order valence-corrected chi connectivity index (χ1v) is 14.5. The highest BCUT2D eigenvalue weighted by Crippen LogP contribution is 2.48. The Hall–Kier alpha value is -0.813. The molecule has 1 N–H and O–H groups in total. The molecule has 10 heteroatoms. The van der Waals surface area contributed by atoms with Crippen molar-refractivity contribution in [1.29, 1.82) is 0 Å². The standard InChI is InChI=1S/C18H28N2O5S2Si/c1-10-9-20(17(23)19-16(10)22)13-7-11(25-28(5,6)18(2,3)4)15(24-13)12-8-14(21)27-26-12/h9,11-13,15H,7-8H2,1-6H3,(H,19,22,23)/t11-,12?,13+,15-/m0/s1. The van der Waals surface area contributed by atoms with Crippen LogP contribution in [0.2, 0.25) is 18.1 Å². The maximum Gasteiger partial charge on any atom is 0.330 e. The van der Waals surface area contributed by atoms with Crippen molar-refractivity contribution in [2.75, 3.05) is 0 Å². The second-order valence-electron chi connectivity index (χ2n) is 8.98. The van der Waals surface area contributed by atoms with Crippen molar-refractivity contribution < 1.29 is 14.0 Å². The van der Waals surface area contributed by atoms with Gasteiger partial charge in [0.15, 0.2) is 8.32 Å². The van der Waals surface area contributed by atoms with Gasteiger partial charge in [0, 0.05) is 24.6 Å². The van der Waals surface area contributed by atoms with Gasteiger partial charge in [0.2, 0.25) is 5.12 Å². The number of nitrogens with zero attached hydrogens (tertiary/aromatic N) is 1. The van der Waals surface area contributed by atoms with Gasteiger partial charge in [0.25, 0.3) is 5.56 Å². The summed E-state index contributed by atoms with van der Waals surface area (Å²) in [5.74, 6) is 0. The zero-order valence-electron chi connectivity index (χ0n) is 17.1. The predicted octanol–water partition coefficient (Wildman–Crippen LogP) is 3.20. The van der Waals surface area contributed by atoms with Gasteiger partial charge < -0.3 is 9.16 Å². The largest absolute Gasteiger partial charge is 0.411 e. The molecule has 0 saturated carbocycles. The lowest BCUT2D eigenvalue weighted by Crippen LogP contribution is -2.47. The molecule has 28 heavy (non-hydrogen) atoms. The van der Waals surface area contributed by atoms with Crippen LogP contribution in [0.5, 0.6) is 0 Å². The molecule has 0 amide bonds. The Bertz CT molecular complexity index is 876. The van der Waals surface area contributed by atoms with Gasteiger partial charge in [-0.3, -0.25) is 19.1 Å². The molecule has 1 aromatic rings. The summed E-state index contributed by atoms with van der Waals surface area (Å²) in [6, 6.07) is 0. The smallest absolute Gasteiger partial charge is 0.330 e. The molecule has 0 bridgehead atoms. The van der Waals surface area contributed by atoms with Crippen molar-refractivity contribution >= 4 is 35.0 Å². The van der Waals surface area contributed by atoms with Crippen molar-refractivity contribution in [1.82, 2.24) is 9.55 Å². The summed E-state index contributed by atoms with van der Waals surface area (Å²) in [7, 11) is 0.714. The Morgan fingerprint density at radius 1 is 1.29 bits per heavy atom. The number of hydrogen-bond acceptors (Lipinski definition) is 7. The lowest BCUT2D eigenvalue weighted by atomic mass is 10.1. The third kappa shape index (κ3) is 4.35. The first-order chi connectivity index (χ1) is 12.9. The maximum absolute atomic E-state index is 12.3. The Kier molecular flexibility index (Phi) is 6.09. The minimum absolute atomic E-state index is 0.00294. The van der Waals surface area contributed by atoms with E-state index in [-0.39, 0.29) is 27.6 Å². The molecule has 3 heterocycles. The topological polar surface area (TPSA) is 90.4 Å². The second kappa shape index (κ2) is 7.79. The minimum Gasteiger partial charge on any atom is -0.411 e. The number of H-pyrrole nitrogens is 1. The van der Waals surface area contributed by atoms with Crippen LogP contribution < -0.4 is 11.2 Å². The van der Waals surface area contributed by atoms with Crippen molar-refractivity contribution in [3.8, 4) is 0 Å². The monoisotopic (exact) mass is 444 g/mol. The molecule has 0 radical (unpaired) electrons. The lowest BCUT2D eigenvalue weighted by Gasteiger charge is -2.39. The minimum atomic E-state index is -2.07. The molecule has 3 rings (SSSR count). The summed E-state index contributed by atoms with van der Waals surface area (Å²) in [6.07, 6.45) is 1.49. The van der Waals surface area contributed by atoms with E-state index in [2.05, 4.69) is 38.8 Å². The number of rotatable bonds is 4. The first kappa shape index (κ1) is 21.9. The van der Waals surface area contributed by atoms with Gasteiger partial charge >= 0.3 is 5.69 Å². The van der Waals surface area contributed by atoms with E-state index in [0.29, 0.717) is 18.4 Å². The Morgan fingerprint density at radius 2 is 1.96 bits per heavy atom. The number of hydrogen-bond donors (Lipinski definition) is 1. The van der Waals surface area contributed by atoms with E-state index in [1.165, 1.54) is 26.2 Å². The molecule has 4 atom stereocenters. The van der Waals surface area contributed by atoms with E-state index >= 15 is 0 Å². The van der Waals surface area contributed by atoms with E-state index in [1.807, 2.05) is 0 Å². The fourth-order valence-electron chi connectivity index (χ4n) is 3.15. The van der Waals surface area contributed by atoms with Crippen LogP contribution in [0.4, 0.5) is 0 Å². The SMILES string of the molecule is Cc1cn([C@H]2C[C@H](O[Si](C)(C)C(C)(C)C)[C@@H](C3CC(=O)SS3)O2)c(=O)[nH]c1=O. The average Bonchev–Trinajstić information content (AvgIpc) is 3.15. The highest BCUT2D eigenvalue weighted by Gasteiger charge is 2.49. The number of aromatic amines is 1. The molecule has 2 aliphatic heterocycles. The van der Waals surface area contributed by atoms with E-state index < -0.39 is 25.8 Å². The molecule has 0 aliphatic carbocycles. The Balaban J connectivity index is 1.91. The molecular formula is C18H28N2O5S2Si. The van der Waals surface area contributed by atoms with Crippen molar-refractivity contribution in [2.45, 2.75) is 82.4 Å². The van der Waals surface area contributed by atoms with Gasteiger partial charge in [-0.2, -0.15) is 0 Å². The predicted molar refractivity (Wildman–Crippen MR) is 115 cm³/mol. The summed E-state index contributed by atoms with van der Waals surface area (Å²) >= 11 is 0. The number of aryl methyl sites for hydroxylation is 1.